The molecule has 1 amide bonds. The Morgan fingerprint density at radius 1 is 1.35 bits per heavy atom. The maximum atomic E-state index is 12.2. The molecular formula is C14H20N4O2. The number of carbonyl (C=O) groups excluding carboxylic acids is 1. The van der Waals surface area contributed by atoms with Crippen molar-refractivity contribution in [2.45, 2.75) is 27.7 Å². The Hall–Kier alpha value is -2.11. The van der Waals surface area contributed by atoms with Crippen LogP contribution < -0.4 is 11.1 Å². The number of anilines is 1. The Labute approximate surface area is 118 Å². The number of nitrogens with zero attached hydrogens (tertiary/aromatic N) is 2. The molecule has 0 unspecified atom stereocenters. The molecule has 0 saturated heterocycles. The van der Waals surface area contributed by atoms with E-state index in [-0.39, 0.29) is 28.5 Å². The predicted octanol–water partition coefficient (Wildman–Crippen LogP) is 1.80. The van der Waals surface area contributed by atoms with Gasteiger partial charge in [-0.25, -0.2) is 4.98 Å². The van der Waals surface area contributed by atoms with Gasteiger partial charge in [0.05, 0.1) is 0 Å². The van der Waals surface area contributed by atoms with Gasteiger partial charge in [-0.1, -0.05) is 32.9 Å². The fourth-order valence-corrected chi connectivity index (χ4v) is 2.73. The van der Waals surface area contributed by atoms with Crippen LogP contribution in [0.3, 0.4) is 0 Å². The van der Waals surface area contributed by atoms with Gasteiger partial charge in [0.2, 0.25) is 5.91 Å². The number of rotatable bonds is 3. The van der Waals surface area contributed by atoms with Crippen molar-refractivity contribution < 1.29 is 10.0 Å². The summed E-state index contributed by atoms with van der Waals surface area (Å²) in [4.78, 5) is 16.3. The zero-order valence-corrected chi connectivity index (χ0v) is 12.1. The largest absolute Gasteiger partial charge is 0.409 e. The molecule has 20 heavy (non-hydrogen) atoms. The number of amidine groups is 1. The van der Waals surface area contributed by atoms with Crippen molar-refractivity contribution in [3.63, 3.8) is 0 Å². The van der Waals surface area contributed by atoms with Crippen LogP contribution in [0.4, 0.5) is 5.82 Å². The first-order valence-electron chi connectivity index (χ1n) is 6.46. The molecule has 2 rings (SSSR count). The van der Waals surface area contributed by atoms with Gasteiger partial charge in [0.25, 0.3) is 0 Å². The van der Waals surface area contributed by atoms with Gasteiger partial charge in [-0.2, -0.15) is 0 Å². The molecular weight excluding hydrogens is 256 g/mol. The van der Waals surface area contributed by atoms with Crippen LogP contribution in [0.2, 0.25) is 0 Å². The Kier molecular flexibility index (Phi) is 3.20. The van der Waals surface area contributed by atoms with E-state index in [1.807, 2.05) is 0 Å². The van der Waals surface area contributed by atoms with Gasteiger partial charge in [0, 0.05) is 17.7 Å². The smallest absolute Gasteiger partial charge is 0.229 e. The van der Waals surface area contributed by atoms with Crippen LogP contribution >= 0.6 is 0 Å². The number of aromatic nitrogens is 1. The lowest BCUT2D eigenvalue weighted by Gasteiger charge is -2.06. The zero-order valence-electron chi connectivity index (χ0n) is 12.1. The fourth-order valence-electron chi connectivity index (χ4n) is 2.73. The van der Waals surface area contributed by atoms with Crippen LogP contribution in [0.1, 0.15) is 33.3 Å². The van der Waals surface area contributed by atoms with Crippen molar-refractivity contribution in [1.29, 1.82) is 0 Å². The molecule has 0 aromatic carbocycles. The summed E-state index contributed by atoms with van der Waals surface area (Å²) < 4.78 is 0. The number of carbonyl (C=O) groups is 1. The Bertz CT molecular complexity index is 547. The number of nitrogens with two attached hydrogens (primary N) is 1. The molecule has 1 aromatic heterocycles. The van der Waals surface area contributed by atoms with E-state index in [4.69, 9.17) is 10.9 Å². The van der Waals surface area contributed by atoms with Crippen LogP contribution in [0.5, 0.6) is 0 Å². The van der Waals surface area contributed by atoms with Crippen molar-refractivity contribution >= 4 is 17.6 Å². The molecule has 0 atom stereocenters. The van der Waals surface area contributed by atoms with Crippen molar-refractivity contribution in [1.82, 2.24) is 4.98 Å². The molecule has 1 heterocycles. The highest BCUT2D eigenvalue weighted by atomic mass is 16.4. The number of oxime groups is 1. The third kappa shape index (κ3) is 2.11. The molecule has 1 fully saturated rings. The van der Waals surface area contributed by atoms with Gasteiger partial charge in [0.15, 0.2) is 5.84 Å². The summed E-state index contributed by atoms with van der Waals surface area (Å²) >= 11 is 0. The zero-order chi connectivity index (χ0) is 15.1. The summed E-state index contributed by atoms with van der Waals surface area (Å²) in [6.45, 7) is 8.36. The number of hydrogen-bond donors (Lipinski definition) is 3. The second kappa shape index (κ2) is 4.47. The minimum Gasteiger partial charge on any atom is -0.409 e. The highest BCUT2D eigenvalue weighted by Gasteiger charge is 2.68. The van der Waals surface area contributed by atoms with Gasteiger partial charge in [-0.05, 0) is 23.0 Å². The van der Waals surface area contributed by atoms with E-state index < -0.39 is 0 Å². The average molecular weight is 276 g/mol. The molecule has 0 radical (unpaired) electrons. The molecule has 1 aliphatic carbocycles. The van der Waals surface area contributed by atoms with E-state index in [0.717, 1.165) is 0 Å². The number of amides is 1. The second-order valence-electron chi connectivity index (χ2n) is 6.28. The lowest BCUT2D eigenvalue weighted by atomic mass is 10.0. The van der Waals surface area contributed by atoms with Gasteiger partial charge in [-0.15, -0.1) is 0 Å². The van der Waals surface area contributed by atoms with Gasteiger partial charge in [0.1, 0.15) is 5.82 Å². The van der Waals surface area contributed by atoms with Crippen LogP contribution in [0.25, 0.3) is 0 Å². The van der Waals surface area contributed by atoms with Crippen LogP contribution in [-0.2, 0) is 4.79 Å². The highest BCUT2D eigenvalue weighted by Crippen LogP contribution is 2.68. The standard InChI is InChI=1S/C14H20N4O2/c1-13(2)10(14(13,3)4)12(19)17-9-6-5-8(7-16-9)11(15)18-20/h5-7,10,20H,1-4H3,(H2,15,18)(H,16,17,19). The molecule has 108 valence electrons. The summed E-state index contributed by atoms with van der Waals surface area (Å²) in [5.41, 5.74) is 5.93. The van der Waals surface area contributed by atoms with Gasteiger partial charge >= 0.3 is 0 Å². The minimum atomic E-state index is -0.0273. The minimum absolute atomic E-state index is 0.00893. The molecule has 6 nitrogen and oxygen atoms in total. The topological polar surface area (TPSA) is 101 Å². The molecule has 0 spiro atoms. The van der Waals surface area contributed by atoms with Crippen LogP contribution in [-0.4, -0.2) is 21.9 Å². The van der Waals surface area contributed by atoms with Crippen molar-refractivity contribution in [2.75, 3.05) is 5.32 Å². The molecule has 1 saturated carbocycles. The Morgan fingerprint density at radius 2 is 1.95 bits per heavy atom. The summed E-state index contributed by atoms with van der Waals surface area (Å²) in [6.07, 6.45) is 1.45. The van der Waals surface area contributed by atoms with E-state index in [0.29, 0.717) is 11.4 Å². The SMILES string of the molecule is CC1(C)C(C(=O)Nc2ccc(/C(N)=N/O)cn2)C1(C)C. The van der Waals surface area contributed by atoms with E-state index in [2.05, 4.69) is 43.2 Å². The van der Waals surface area contributed by atoms with Crippen molar-refractivity contribution in [3.05, 3.63) is 23.9 Å². The van der Waals surface area contributed by atoms with E-state index in [1.165, 1.54) is 6.20 Å². The number of pyridine rings is 1. The predicted molar refractivity (Wildman–Crippen MR) is 76.4 cm³/mol. The first-order chi connectivity index (χ1) is 9.21. The van der Waals surface area contributed by atoms with Crippen LogP contribution in [0.15, 0.2) is 23.5 Å². The average Bonchev–Trinajstić information content (AvgIpc) is 2.79. The third-order valence-corrected chi connectivity index (χ3v) is 4.70. The maximum Gasteiger partial charge on any atom is 0.229 e. The molecule has 1 aromatic rings. The monoisotopic (exact) mass is 276 g/mol. The quantitative estimate of drug-likeness (QED) is 0.339. The van der Waals surface area contributed by atoms with Crippen molar-refractivity contribution in [3.8, 4) is 0 Å². The Morgan fingerprint density at radius 3 is 2.35 bits per heavy atom. The molecule has 6 heteroatoms. The lowest BCUT2D eigenvalue weighted by Crippen LogP contribution is -2.19. The lowest BCUT2D eigenvalue weighted by molar-refractivity contribution is -0.118. The maximum absolute atomic E-state index is 12.2. The summed E-state index contributed by atoms with van der Waals surface area (Å²) in [6, 6.07) is 3.27. The number of hydrogen-bond acceptors (Lipinski definition) is 4. The molecule has 0 bridgehead atoms. The summed E-state index contributed by atoms with van der Waals surface area (Å²) in [5.74, 6) is 0.396. The van der Waals surface area contributed by atoms with E-state index in [1.54, 1.807) is 12.1 Å². The highest BCUT2D eigenvalue weighted by molar-refractivity contribution is 5.98. The molecule has 4 N–H and O–H groups in total. The van der Waals surface area contributed by atoms with E-state index in [9.17, 15) is 4.79 Å². The summed E-state index contributed by atoms with van der Waals surface area (Å²) in [7, 11) is 0. The van der Waals surface area contributed by atoms with Gasteiger partial charge in [-0.3, -0.25) is 4.79 Å². The third-order valence-electron chi connectivity index (χ3n) is 4.70. The van der Waals surface area contributed by atoms with Gasteiger partial charge < -0.3 is 16.3 Å². The molecule has 0 aliphatic heterocycles. The second-order valence-corrected chi connectivity index (χ2v) is 6.28. The summed E-state index contributed by atoms with van der Waals surface area (Å²) in [5, 5.41) is 14.3. The first-order valence-corrected chi connectivity index (χ1v) is 6.46. The molecule has 1 aliphatic rings. The first kappa shape index (κ1) is 14.3. The van der Waals surface area contributed by atoms with Crippen LogP contribution in [0, 0.1) is 16.7 Å². The van der Waals surface area contributed by atoms with E-state index >= 15 is 0 Å². The number of nitrogens with one attached hydrogen (secondary N) is 1. The normalized spacial score (nSPS) is 20.5. The fraction of sp³-hybridized carbons (Fsp3) is 0.500. The Balaban J connectivity index is 2.07. The van der Waals surface area contributed by atoms with Crippen molar-refractivity contribution in [2.24, 2.45) is 27.6 Å².